The Bertz CT molecular complexity index is 751. The van der Waals surface area contributed by atoms with Gasteiger partial charge in [0.05, 0.1) is 0 Å². The molecule has 0 saturated heterocycles. The van der Waals surface area contributed by atoms with E-state index in [0.717, 1.165) is 12.8 Å². The Kier molecular flexibility index (Phi) is 14.6. The molecule has 30 heavy (non-hydrogen) atoms. The van der Waals surface area contributed by atoms with Gasteiger partial charge in [0, 0.05) is 0 Å². The SMILES string of the molecule is CCCCC1=C(C(c2ccccc2)(c2ccccc2)C(C)(C)C)CC=[C-]1.[Cl-].[Cl-].[Cl-].[Ti+4]. The van der Waals surface area contributed by atoms with Crippen molar-refractivity contribution in [2.45, 2.75) is 58.8 Å². The minimum absolute atomic E-state index is 0. The van der Waals surface area contributed by atoms with Crippen LogP contribution >= 0.6 is 0 Å². The molecule has 2 aromatic rings. The smallest absolute Gasteiger partial charge is 1.00 e. The van der Waals surface area contributed by atoms with E-state index in [-0.39, 0.29) is 69.8 Å². The molecule has 1 aliphatic carbocycles. The van der Waals surface area contributed by atoms with Gasteiger partial charge in [-0.1, -0.05) is 114 Å². The molecule has 0 heterocycles. The fourth-order valence-corrected chi connectivity index (χ4v) is 4.65. The van der Waals surface area contributed by atoms with Crippen molar-refractivity contribution in [1.82, 2.24) is 0 Å². The first-order valence-electron chi connectivity index (χ1n) is 9.93. The Morgan fingerprint density at radius 1 is 0.800 bits per heavy atom. The van der Waals surface area contributed by atoms with E-state index in [1.54, 1.807) is 0 Å². The van der Waals surface area contributed by atoms with Gasteiger partial charge in [-0.05, 0) is 22.0 Å². The largest absolute Gasteiger partial charge is 4.00 e. The number of halogens is 3. The molecule has 160 valence electrons. The average molecular weight is 498 g/mol. The summed E-state index contributed by atoms with van der Waals surface area (Å²) < 4.78 is 0. The van der Waals surface area contributed by atoms with Crippen molar-refractivity contribution in [3.05, 3.63) is 95.1 Å². The maximum Gasteiger partial charge on any atom is 4.00 e. The standard InChI is InChI=1S/C26H31.3ClH.Ti/c1-5-6-14-21-15-13-20-24(21)26(25(2,3)4,22-16-9-7-10-17-22)23-18-11-8-12-19-23;;;;/h7-13,16-19H,5-6,14,20H2,1-4H3;3*1H;/q-1;;;;+4/p-3. The summed E-state index contributed by atoms with van der Waals surface area (Å²) >= 11 is 0. The first kappa shape index (κ1) is 31.7. The zero-order valence-electron chi connectivity index (χ0n) is 18.3. The Morgan fingerprint density at radius 3 is 1.67 bits per heavy atom. The molecule has 0 unspecified atom stereocenters. The van der Waals surface area contributed by atoms with Crippen LogP contribution in [0.5, 0.6) is 0 Å². The third-order valence-corrected chi connectivity index (χ3v) is 5.72. The molecular formula is C26H31Cl3Ti. The van der Waals surface area contributed by atoms with Gasteiger partial charge in [-0.2, -0.15) is 11.6 Å². The third kappa shape index (κ3) is 6.05. The second-order valence-corrected chi connectivity index (χ2v) is 8.35. The predicted octanol–water partition coefficient (Wildman–Crippen LogP) is -1.72. The van der Waals surface area contributed by atoms with Gasteiger partial charge >= 0.3 is 21.7 Å². The molecule has 4 heteroatoms. The Hall–Kier alpha value is -0.496. The minimum atomic E-state index is -0.140. The van der Waals surface area contributed by atoms with E-state index in [9.17, 15) is 0 Å². The first-order chi connectivity index (χ1) is 12.5. The first-order valence-corrected chi connectivity index (χ1v) is 9.93. The molecule has 0 fully saturated rings. The quantitative estimate of drug-likeness (QED) is 0.329. The fourth-order valence-electron chi connectivity index (χ4n) is 4.65. The van der Waals surface area contributed by atoms with E-state index >= 15 is 0 Å². The van der Waals surface area contributed by atoms with Gasteiger partial charge < -0.3 is 37.2 Å². The number of allylic oxidation sites excluding steroid dienone is 4. The summed E-state index contributed by atoms with van der Waals surface area (Å²) in [5.74, 6) is 0. The fraction of sp³-hybridized carbons (Fsp3) is 0.385. The van der Waals surface area contributed by atoms with Crippen molar-refractivity contribution in [1.29, 1.82) is 0 Å². The van der Waals surface area contributed by atoms with E-state index in [0.29, 0.717) is 0 Å². The Labute approximate surface area is 217 Å². The van der Waals surface area contributed by atoms with Crippen LogP contribution in [0.15, 0.2) is 77.9 Å². The second-order valence-electron chi connectivity index (χ2n) is 8.35. The van der Waals surface area contributed by atoms with Crippen LogP contribution in [0.4, 0.5) is 0 Å². The van der Waals surface area contributed by atoms with Crippen LogP contribution < -0.4 is 37.2 Å². The topological polar surface area (TPSA) is 0 Å². The molecule has 0 aromatic heterocycles. The zero-order valence-corrected chi connectivity index (χ0v) is 22.1. The Balaban J connectivity index is 0. The molecule has 1 aliphatic rings. The third-order valence-electron chi connectivity index (χ3n) is 5.72. The normalized spacial score (nSPS) is 12.9. The molecule has 0 spiro atoms. The maximum atomic E-state index is 3.61. The van der Waals surface area contributed by atoms with Crippen LogP contribution in [0.25, 0.3) is 0 Å². The van der Waals surface area contributed by atoms with Crippen molar-refractivity contribution < 1.29 is 58.9 Å². The molecule has 2 aromatic carbocycles. The van der Waals surface area contributed by atoms with Crippen molar-refractivity contribution in [3.63, 3.8) is 0 Å². The Morgan fingerprint density at radius 2 is 1.27 bits per heavy atom. The predicted molar refractivity (Wildman–Crippen MR) is 112 cm³/mol. The summed E-state index contributed by atoms with van der Waals surface area (Å²) in [6.45, 7) is 9.42. The molecule has 0 aliphatic heterocycles. The van der Waals surface area contributed by atoms with Crippen LogP contribution in [0.2, 0.25) is 0 Å². The van der Waals surface area contributed by atoms with Gasteiger partial charge in [0.1, 0.15) is 0 Å². The monoisotopic (exact) mass is 496 g/mol. The molecule has 3 rings (SSSR count). The van der Waals surface area contributed by atoms with Crippen LogP contribution in [-0.4, -0.2) is 0 Å². The van der Waals surface area contributed by atoms with Gasteiger partial charge in [-0.3, -0.25) is 6.08 Å². The number of rotatable bonds is 6. The van der Waals surface area contributed by atoms with E-state index in [1.165, 1.54) is 35.1 Å². The van der Waals surface area contributed by atoms with Crippen molar-refractivity contribution in [3.8, 4) is 0 Å². The summed E-state index contributed by atoms with van der Waals surface area (Å²) in [6.07, 6.45) is 10.4. The van der Waals surface area contributed by atoms with Crippen LogP contribution in [0.3, 0.4) is 0 Å². The molecule has 0 atom stereocenters. The number of unbranched alkanes of at least 4 members (excludes halogenated alkanes) is 1. The van der Waals surface area contributed by atoms with Crippen LogP contribution in [-0.2, 0) is 27.1 Å². The molecule has 0 nitrogen and oxygen atoms in total. The zero-order chi connectivity index (χ0) is 18.6. The molecule has 0 saturated carbocycles. The summed E-state index contributed by atoms with van der Waals surface area (Å²) in [7, 11) is 0. The van der Waals surface area contributed by atoms with Gasteiger partial charge in [0.2, 0.25) is 0 Å². The molecule has 0 N–H and O–H groups in total. The number of hydrogen-bond acceptors (Lipinski definition) is 0. The molecule has 0 amide bonds. The van der Waals surface area contributed by atoms with E-state index in [1.807, 2.05) is 0 Å². The number of benzene rings is 2. The second kappa shape index (κ2) is 13.8. The van der Waals surface area contributed by atoms with Crippen LogP contribution in [0.1, 0.15) is 64.5 Å². The average Bonchev–Trinajstić information content (AvgIpc) is 3.10. The van der Waals surface area contributed by atoms with E-state index in [2.05, 4.69) is 101 Å². The summed E-state index contributed by atoms with van der Waals surface area (Å²) in [5.41, 5.74) is 5.64. The summed E-state index contributed by atoms with van der Waals surface area (Å²) in [5, 5.41) is 0. The van der Waals surface area contributed by atoms with Crippen molar-refractivity contribution in [2.24, 2.45) is 5.41 Å². The van der Waals surface area contributed by atoms with Crippen molar-refractivity contribution >= 4 is 0 Å². The summed E-state index contributed by atoms with van der Waals surface area (Å²) in [6, 6.07) is 22.2. The van der Waals surface area contributed by atoms with Gasteiger partial charge in [-0.15, -0.1) is 0 Å². The maximum absolute atomic E-state index is 3.61. The van der Waals surface area contributed by atoms with E-state index < -0.39 is 0 Å². The van der Waals surface area contributed by atoms with Crippen LogP contribution in [0, 0.1) is 11.5 Å². The molecule has 0 bridgehead atoms. The van der Waals surface area contributed by atoms with Crippen molar-refractivity contribution in [2.75, 3.05) is 0 Å². The minimum Gasteiger partial charge on any atom is -1.00 e. The molecular weight excluding hydrogens is 467 g/mol. The molecule has 0 radical (unpaired) electrons. The van der Waals surface area contributed by atoms with E-state index in [4.69, 9.17) is 0 Å². The van der Waals surface area contributed by atoms with Gasteiger partial charge in [0.15, 0.2) is 0 Å². The summed E-state index contributed by atoms with van der Waals surface area (Å²) in [4.78, 5) is 0. The van der Waals surface area contributed by atoms with Gasteiger partial charge in [0.25, 0.3) is 0 Å². The number of hydrogen-bond donors (Lipinski definition) is 0. The van der Waals surface area contributed by atoms with Gasteiger partial charge in [-0.25, -0.2) is 5.57 Å².